The maximum atomic E-state index is 12.0. The number of aliphatic hydroxyl groups excluding tert-OH is 1. The van der Waals surface area contributed by atoms with Gasteiger partial charge in [-0.05, 0) is 18.2 Å². The van der Waals surface area contributed by atoms with Crippen molar-refractivity contribution in [3.05, 3.63) is 40.4 Å². The summed E-state index contributed by atoms with van der Waals surface area (Å²) in [5, 5.41) is 10.8. The molecule has 2 aromatic rings. The number of thiophene rings is 1. The van der Waals surface area contributed by atoms with Crippen LogP contribution in [0, 0.1) is 0 Å². The van der Waals surface area contributed by atoms with Gasteiger partial charge in [0.1, 0.15) is 4.21 Å². The van der Waals surface area contributed by atoms with E-state index < -0.39 is 22.0 Å². The van der Waals surface area contributed by atoms with E-state index in [0.29, 0.717) is 0 Å². The Kier molecular flexibility index (Phi) is 6.31. The molecule has 9 nitrogen and oxygen atoms in total. The molecule has 0 unspecified atom stereocenters. The van der Waals surface area contributed by atoms with Crippen molar-refractivity contribution in [1.29, 1.82) is 0 Å². The zero-order chi connectivity index (χ0) is 18.4. The fourth-order valence-electron chi connectivity index (χ4n) is 1.54. The summed E-state index contributed by atoms with van der Waals surface area (Å²) in [4.78, 5) is 27.0. The van der Waals surface area contributed by atoms with Crippen LogP contribution in [0.2, 0.25) is 4.34 Å². The Hall–Kier alpha value is -2.21. The average Bonchev–Trinajstić information content (AvgIpc) is 3.00. The number of ether oxygens (including phenoxy) is 1. The monoisotopic (exact) mass is 405 g/mol. The Balaban J connectivity index is 2.02. The first kappa shape index (κ1) is 19.1. The molecular formula is C13H12ClN3O6S2. The van der Waals surface area contributed by atoms with E-state index in [2.05, 4.69) is 10.3 Å². The minimum Gasteiger partial charge on any atom is -0.395 e. The average molecular weight is 406 g/mol. The summed E-state index contributed by atoms with van der Waals surface area (Å²) in [6.07, 6.45) is 0.233. The second-order valence-electron chi connectivity index (χ2n) is 4.42. The van der Waals surface area contributed by atoms with Crippen molar-refractivity contribution in [2.75, 3.05) is 13.2 Å². The number of hydrogen-bond acceptors (Lipinski definition) is 8. The molecule has 0 spiro atoms. The standard InChI is InChI=1S/C13H12ClN3O6S2/c14-9-2-4-11(24-9)25(21,22)17-12(19)8-1-3-10(16-7-8)23-13(20)15-5-6-18/h1-4,7,18H,5-6H2,(H,15,20)(H,17,19). The molecular weight excluding hydrogens is 394 g/mol. The Morgan fingerprint density at radius 3 is 2.60 bits per heavy atom. The second kappa shape index (κ2) is 8.25. The van der Waals surface area contributed by atoms with Gasteiger partial charge in [0.25, 0.3) is 15.9 Å². The molecule has 2 aromatic heterocycles. The van der Waals surface area contributed by atoms with E-state index in [0.717, 1.165) is 17.5 Å². The van der Waals surface area contributed by atoms with E-state index in [1.165, 1.54) is 24.3 Å². The molecule has 25 heavy (non-hydrogen) atoms. The number of nitrogens with zero attached hydrogens (tertiary/aromatic N) is 1. The van der Waals surface area contributed by atoms with Gasteiger partial charge in [-0.15, -0.1) is 11.3 Å². The van der Waals surface area contributed by atoms with Crippen molar-refractivity contribution in [2.45, 2.75) is 4.21 Å². The summed E-state index contributed by atoms with van der Waals surface area (Å²) in [7, 11) is -4.04. The molecule has 134 valence electrons. The van der Waals surface area contributed by atoms with E-state index in [1.54, 1.807) is 0 Å². The van der Waals surface area contributed by atoms with Gasteiger partial charge >= 0.3 is 6.09 Å². The van der Waals surface area contributed by atoms with Crippen LogP contribution in [0.15, 0.2) is 34.7 Å². The van der Waals surface area contributed by atoms with Crippen molar-refractivity contribution in [3.63, 3.8) is 0 Å². The normalized spacial score (nSPS) is 11.0. The lowest BCUT2D eigenvalue weighted by atomic mass is 10.3. The van der Waals surface area contributed by atoms with Gasteiger partial charge in [0.05, 0.1) is 16.5 Å². The molecule has 2 heterocycles. The highest BCUT2D eigenvalue weighted by Crippen LogP contribution is 2.25. The van der Waals surface area contributed by atoms with E-state index in [-0.39, 0.29) is 33.1 Å². The quantitative estimate of drug-likeness (QED) is 0.652. The molecule has 2 amide bonds. The summed E-state index contributed by atoms with van der Waals surface area (Å²) in [6.45, 7) is -0.227. The van der Waals surface area contributed by atoms with Crippen molar-refractivity contribution in [3.8, 4) is 5.88 Å². The van der Waals surface area contributed by atoms with E-state index >= 15 is 0 Å². The van der Waals surface area contributed by atoms with Crippen LogP contribution in [-0.4, -0.2) is 43.7 Å². The highest BCUT2D eigenvalue weighted by atomic mass is 35.5. The minimum absolute atomic E-state index is 0.0178. The number of carbonyl (C=O) groups excluding carboxylic acids is 2. The van der Waals surface area contributed by atoms with E-state index in [9.17, 15) is 18.0 Å². The summed E-state index contributed by atoms with van der Waals surface area (Å²) in [6, 6.07) is 5.15. The van der Waals surface area contributed by atoms with Gasteiger partial charge in [-0.1, -0.05) is 11.6 Å². The topological polar surface area (TPSA) is 135 Å². The number of halogens is 1. The van der Waals surface area contributed by atoms with Crippen LogP contribution < -0.4 is 14.8 Å². The summed E-state index contributed by atoms with van der Waals surface area (Å²) in [5.41, 5.74) is -0.0469. The summed E-state index contributed by atoms with van der Waals surface area (Å²) >= 11 is 6.49. The molecule has 0 atom stereocenters. The predicted octanol–water partition coefficient (Wildman–Crippen LogP) is 0.996. The van der Waals surface area contributed by atoms with Gasteiger partial charge in [0.2, 0.25) is 5.88 Å². The van der Waals surface area contributed by atoms with Gasteiger partial charge in [0.15, 0.2) is 0 Å². The highest BCUT2D eigenvalue weighted by Gasteiger charge is 2.21. The molecule has 0 saturated carbocycles. The molecule has 0 aliphatic heterocycles. The van der Waals surface area contributed by atoms with Crippen LogP contribution in [-0.2, 0) is 10.0 Å². The number of carbonyl (C=O) groups is 2. The second-order valence-corrected chi connectivity index (χ2v) is 8.04. The number of hydrogen-bond donors (Lipinski definition) is 3. The summed E-state index contributed by atoms with van der Waals surface area (Å²) < 4.78 is 30.9. The van der Waals surface area contributed by atoms with Crippen LogP contribution in [0.25, 0.3) is 0 Å². The number of aliphatic hydroxyl groups is 1. The molecule has 0 aromatic carbocycles. The lowest BCUT2D eigenvalue weighted by Crippen LogP contribution is -2.30. The zero-order valence-electron chi connectivity index (χ0n) is 12.4. The number of amides is 2. The maximum Gasteiger partial charge on any atom is 0.414 e. The molecule has 0 saturated heterocycles. The predicted molar refractivity (Wildman–Crippen MR) is 89.3 cm³/mol. The first-order valence-electron chi connectivity index (χ1n) is 6.67. The number of nitrogens with one attached hydrogen (secondary N) is 2. The lowest BCUT2D eigenvalue weighted by molar-refractivity contribution is 0.0981. The SMILES string of the molecule is O=C(NCCO)Oc1ccc(C(=O)NS(=O)(=O)c2ccc(Cl)s2)cn1. The van der Waals surface area contributed by atoms with Gasteiger partial charge in [-0.3, -0.25) is 4.79 Å². The Morgan fingerprint density at radius 1 is 1.28 bits per heavy atom. The number of pyridine rings is 1. The third-order valence-electron chi connectivity index (χ3n) is 2.62. The molecule has 12 heteroatoms. The third-order valence-corrected chi connectivity index (χ3v) is 5.67. The van der Waals surface area contributed by atoms with Gasteiger partial charge < -0.3 is 15.2 Å². The van der Waals surface area contributed by atoms with Gasteiger partial charge in [0, 0.05) is 18.8 Å². The van der Waals surface area contributed by atoms with Crippen LogP contribution in [0.5, 0.6) is 5.88 Å². The summed E-state index contributed by atoms with van der Waals surface area (Å²) in [5.74, 6) is -0.992. The first-order chi connectivity index (χ1) is 11.8. The van der Waals surface area contributed by atoms with Crippen molar-refractivity contribution < 1.29 is 27.9 Å². The first-order valence-corrected chi connectivity index (χ1v) is 9.34. The zero-order valence-corrected chi connectivity index (χ0v) is 14.8. The number of rotatable bonds is 6. The van der Waals surface area contributed by atoms with Crippen LogP contribution >= 0.6 is 22.9 Å². The molecule has 0 bridgehead atoms. The fraction of sp³-hybridized carbons (Fsp3) is 0.154. The molecule has 0 radical (unpaired) electrons. The molecule has 0 aliphatic rings. The molecule has 2 rings (SSSR count). The Labute approximate surface area is 151 Å². The smallest absolute Gasteiger partial charge is 0.395 e. The minimum atomic E-state index is -4.04. The fourth-order valence-corrected chi connectivity index (χ4v) is 3.99. The largest absolute Gasteiger partial charge is 0.414 e. The molecule has 3 N–H and O–H groups in total. The van der Waals surface area contributed by atoms with Gasteiger partial charge in [-0.25, -0.2) is 22.9 Å². The maximum absolute atomic E-state index is 12.0. The Bertz CT molecular complexity index is 866. The van der Waals surface area contributed by atoms with Crippen LogP contribution in [0.4, 0.5) is 4.79 Å². The number of sulfonamides is 1. The lowest BCUT2D eigenvalue weighted by Gasteiger charge is -2.06. The van der Waals surface area contributed by atoms with E-state index in [4.69, 9.17) is 21.4 Å². The van der Waals surface area contributed by atoms with Gasteiger partial charge in [-0.2, -0.15) is 0 Å². The molecule has 0 fully saturated rings. The molecule has 0 aliphatic carbocycles. The van der Waals surface area contributed by atoms with Crippen molar-refractivity contribution in [1.82, 2.24) is 15.0 Å². The van der Waals surface area contributed by atoms with Crippen molar-refractivity contribution in [2.24, 2.45) is 0 Å². The number of aromatic nitrogens is 1. The van der Waals surface area contributed by atoms with Crippen LogP contribution in [0.3, 0.4) is 0 Å². The third kappa shape index (κ3) is 5.39. The van der Waals surface area contributed by atoms with Crippen LogP contribution in [0.1, 0.15) is 10.4 Å². The highest BCUT2D eigenvalue weighted by molar-refractivity contribution is 7.92. The Morgan fingerprint density at radius 2 is 2.04 bits per heavy atom. The van der Waals surface area contributed by atoms with E-state index in [1.807, 2.05) is 4.72 Å². The van der Waals surface area contributed by atoms with Crippen molar-refractivity contribution >= 4 is 45.0 Å².